The van der Waals surface area contributed by atoms with Crippen LogP contribution < -0.4 is 5.73 Å². The van der Waals surface area contributed by atoms with E-state index in [1.807, 2.05) is 6.08 Å². The lowest BCUT2D eigenvalue weighted by Gasteiger charge is -2.20. The van der Waals surface area contributed by atoms with Gasteiger partial charge in [-0.05, 0) is 47.8 Å². The van der Waals surface area contributed by atoms with Crippen molar-refractivity contribution in [2.45, 2.75) is 33.6 Å². The predicted octanol–water partition coefficient (Wildman–Crippen LogP) is 3.39. The second-order valence-electron chi connectivity index (χ2n) is 4.39. The third kappa shape index (κ3) is 6.27. The minimum absolute atomic E-state index is 0.450. The van der Waals surface area contributed by atoms with Crippen LogP contribution in [-0.4, -0.2) is 11.0 Å². The third-order valence-corrected chi connectivity index (χ3v) is 3.79. The molecule has 88 valence electrons. The maximum Gasteiger partial charge on any atom is -0.00349 e. The summed E-state index contributed by atoms with van der Waals surface area (Å²) in [5.41, 5.74) is 5.39. The number of hydrogen-bond donors (Lipinski definition) is 1. The SMILES string of the molecule is CC(C(=S)C[C@H](C)CCP)[C@@H](C)/C=C/N. The van der Waals surface area contributed by atoms with Gasteiger partial charge in [-0.25, -0.2) is 0 Å². The molecule has 0 spiro atoms. The van der Waals surface area contributed by atoms with Gasteiger partial charge in [0.2, 0.25) is 0 Å². The first-order chi connectivity index (χ1) is 7.02. The number of thiocarbonyl (C=S) groups is 1. The van der Waals surface area contributed by atoms with Gasteiger partial charge in [-0.1, -0.05) is 39.1 Å². The van der Waals surface area contributed by atoms with Crippen LogP contribution in [0.1, 0.15) is 33.6 Å². The van der Waals surface area contributed by atoms with Crippen molar-refractivity contribution >= 4 is 26.3 Å². The molecule has 0 aromatic rings. The first-order valence-electron chi connectivity index (χ1n) is 5.64. The molecule has 0 radical (unpaired) electrons. The Kier molecular flexibility index (Phi) is 8.27. The van der Waals surface area contributed by atoms with Crippen LogP contribution in [0.2, 0.25) is 0 Å². The lowest BCUT2D eigenvalue weighted by molar-refractivity contribution is 0.544. The first kappa shape index (κ1) is 15.1. The Balaban J connectivity index is 4.08. The van der Waals surface area contributed by atoms with E-state index in [4.69, 9.17) is 18.0 Å². The van der Waals surface area contributed by atoms with Crippen molar-refractivity contribution in [1.29, 1.82) is 0 Å². The highest BCUT2D eigenvalue weighted by Crippen LogP contribution is 2.20. The van der Waals surface area contributed by atoms with Gasteiger partial charge in [0.25, 0.3) is 0 Å². The summed E-state index contributed by atoms with van der Waals surface area (Å²) in [5, 5.41) is 0. The fraction of sp³-hybridized carbons (Fsp3) is 0.750. The van der Waals surface area contributed by atoms with E-state index in [-0.39, 0.29) is 0 Å². The molecule has 0 aliphatic carbocycles. The Labute approximate surface area is 102 Å². The Morgan fingerprint density at radius 1 is 1.40 bits per heavy atom. The van der Waals surface area contributed by atoms with Gasteiger partial charge >= 0.3 is 0 Å². The Hall–Kier alpha value is 0.0600. The van der Waals surface area contributed by atoms with Crippen LogP contribution in [0.5, 0.6) is 0 Å². The van der Waals surface area contributed by atoms with Crippen molar-refractivity contribution in [3.05, 3.63) is 12.3 Å². The minimum Gasteiger partial charge on any atom is -0.405 e. The van der Waals surface area contributed by atoms with Crippen molar-refractivity contribution < 1.29 is 0 Å². The molecule has 0 fully saturated rings. The van der Waals surface area contributed by atoms with Gasteiger partial charge in [-0.15, -0.1) is 9.24 Å². The average molecular weight is 245 g/mol. The Morgan fingerprint density at radius 2 is 2.00 bits per heavy atom. The molecule has 0 bridgehead atoms. The van der Waals surface area contributed by atoms with Gasteiger partial charge in [0.15, 0.2) is 0 Å². The molecule has 2 N–H and O–H groups in total. The summed E-state index contributed by atoms with van der Waals surface area (Å²) in [6, 6.07) is 0. The van der Waals surface area contributed by atoms with Gasteiger partial charge in [0.05, 0.1) is 0 Å². The molecular weight excluding hydrogens is 221 g/mol. The second-order valence-corrected chi connectivity index (χ2v) is 5.49. The Bertz CT molecular complexity index is 216. The Morgan fingerprint density at radius 3 is 2.47 bits per heavy atom. The van der Waals surface area contributed by atoms with Gasteiger partial charge in [0.1, 0.15) is 0 Å². The normalized spacial score (nSPS) is 17.6. The molecule has 0 aromatic carbocycles. The highest BCUT2D eigenvalue weighted by Gasteiger charge is 2.16. The van der Waals surface area contributed by atoms with E-state index >= 15 is 0 Å². The molecule has 1 nitrogen and oxygen atoms in total. The number of allylic oxidation sites excluding steroid dienone is 1. The van der Waals surface area contributed by atoms with E-state index in [0.717, 1.165) is 12.6 Å². The molecule has 4 atom stereocenters. The third-order valence-electron chi connectivity index (χ3n) is 2.92. The number of nitrogens with two attached hydrogens (primary N) is 1. The van der Waals surface area contributed by atoms with Crippen LogP contribution in [0.15, 0.2) is 12.3 Å². The fourth-order valence-electron chi connectivity index (χ4n) is 1.55. The van der Waals surface area contributed by atoms with Gasteiger partial charge in [-0.2, -0.15) is 0 Å². The summed E-state index contributed by atoms with van der Waals surface area (Å²) >= 11 is 5.48. The highest BCUT2D eigenvalue weighted by molar-refractivity contribution is 7.80. The van der Waals surface area contributed by atoms with E-state index in [1.165, 1.54) is 11.3 Å². The molecule has 3 heteroatoms. The van der Waals surface area contributed by atoms with Crippen LogP contribution >= 0.6 is 21.5 Å². The van der Waals surface area contributed by atoms with Crippen molar-refractivity contribution in [2.24, 2.45) is 23.5 Å². The summed E-state index contributed by atoms with van der Waals surface area (Å²) in [4.78, 5) is 1.19. The number of rotatable bonds is 7. The predicted molar refractivity (Wildman–Crippen MR) is 77.2 cm³/mol. The zero-order valence-electron chi connectivity index (χ0n) is 10.1. The monoisotopic (exact) mass is 245 g/mol. The van der Waals surface area contributed by atoms with Crippen molar-refractivity contribution in [3.63, 3.8) is 0 Å². The molecule has 0 saturated carbocycles. The standard InChI is InChI=1S/C12H24NPS/c1-9(5-7-14)8-12(15)11(3)10(2)4-6-13/h4,6,9-11H,5,7-8,13-14H2,1-3H3/b6-4+/t9-,10+,11?/m1/s1. The molecule has 0 aliphatic heterocycles. The van der Waals surface area contributed by atoms with Crippen molar-refractivity contribution in [3.8, 4) is 0 Å². The van der Waals surface area contributed by atoms with Crippen molar-refractivity contribution in [1.82, 2.24) is 0 Å². The van der Waals surface area contributed by atoms with Crippen molar-refractivity contribution in [2.75, 3.05) is 6.16 Å². The van der Waals surface area contributed by atoms with E-state index in [2.05, 4.69) is 30.0 Å². The molecule has 0 aromatic heterocycles. The summed E-state index contributed by atoms with van der Waals surface area (Å²) in [5.74, 6) is 1.60. The molecule has 0 amide bonds. The fourth-order valence-corrected chi connectivity index (χ4v) is 2.62. The van der Waals surface area contributed by atoms with Gasteiger partial charge in [0, 0.05) is 0 Å². The van der Waals surface area contributed by atoms with Crippen LogP contribution in [0.3, 0.4) is 0 Å². The molecule has 0 aliphatic rings. The molecule has 0 saturated heterocycles. The zero-order valence-corrected chi connectivity index (χ0v) is 12.0. The van der Waals surface area contributed by atoms with Gasteiger partial charge in [-0.3, -0.25) is 0 Å². The highest BCUT2D eigenvalue weighted by atomic mass is 32.1. The summed E-state index contributed by atoms with van der Waals surface area (Å²) in [7, 11) is 2.77. The molecule has 0 rings (SSSR count). The lowest BCUT2D eigenvalue weighted by Crippen LogP contribution is -2.18. The van der Waals surface area contributed by atoms with Crippen LogP contribution in [0.4, 0.5) is 0 Å². The second kappa shape index (κ2) is 8.24. The largest absolute Gasteiger partial charge is 0.405 e. The maximum atomic E-state index is 5.48. The van der Waals surface area contributed by atoms with E-state index in [9.17, 15) is 0 Å². The average Bonchev–Trinajstić information content (AvgIpc) is 2.17. The molecule has 0 heterocycles. The summed E-state index contributed by atoms with van der Waals surface area (Å²) < 4.78 is 0. The van der Waals surface area contributed by atoms with Crippen LogP contribution in [0, 0.1) is 17.8 Å². The lowest BCUT2D eigenvalue weighted by atomic mass is 9.88. The summed E-state index contributed by atoms with van der Waals surface area (Å²) in [6.07, 6.45) is 7.11. The van der Waals surface area contributed by atoms with E-state index in [1.54, 1.807) is 6.20 Å². The zero-order chi connectivity index (χ0) is 11.8. The van der Waals surface area contributed by atoms with Gasteiger partial charge < -0.3 is 5.73 Å². The maximum absolute atomic E-state index is 5.48. The van der Waals surface area contributed by atoms with Crippen LogP contribution in [0.25, 0.3) is 0 Å². The van der Waals surface area contributed by atoms with Crippen LogP contribution in [-0.2, 0) is 0 Å². The van der Waals surface area contributed by atoms with E-state index < -0.39 is 0 Å². The molecule has 15 heavy (non-hydrogen) atoms. The quantitative estimate of drug-likeness (QED) is 0.549. The summed E-state index contributed by atoms with van der Waals surface area (Å²) in [6.45, 7) is 6.63. The smallest absolute Gasteiger partial charge is 0.00349 e. The molecular formula is C12H24NPS. The first-order valence-corrected chi connectivity index (χ1v) is 6.86. The molecule has 2 unspecified atom stereocenters. The minimum atomic E-state index is 0.450. The topological polar surface area (TPSA) is 26.0 Å². The number of hydrogen-bond acceptors (Lipinski definition) is 2. The van der Waals surface area contributed by atoms with E-state index in [0.29, 0.717) is 17.8 Å².